The van der Waals surface area contributed by atoms with Crippen LogP contribution in [0.3, 0.4) is 0 Å². The summed E-state index contributed by atoms with van der Waals surface area (Å²) in [6, 6.07) is 17.1. The number of para-hydroxylation sites is 1. The van der Waals surface area contributed by atoms with Crippen molar-refractivity contribution in [1.82, 2.24) is 15.2 Å². The molecule has 0 aliphatic heterocycles. The molecule has 0 bridgehead atoms. The van der Waals surface area contributed by atoms with Crippen LogP contribution in [0.1, 0.15) is 12.2 Å². The molecule has 0 unspecified atom stereocenters. The fourth-order valence-electron chi connectivity index (χ4n) is 2.72. The Morgan fingerprint density at radius 2 is 1.66 bits per heavy atom. The van der Waals surface area contributed by atoms with Crippen LogP contribution in [-0.4, -0.2) is 31.2 Å². The number of hydrogen-bond acceptors (Lipinski definition) is 5. The van der Waals surface area contributed by atoms with Crippen LogP contribution in [0.15, 0.2) is 82.3 Å². The Morgan fingerprint density at radius 1 is 0.938 bits per heavy atom. The molecule has 3 amide bonds. The molecular weight excluding hydrogens is 456 g/mol. The number of anilines is 1. The zero-order valence-corrected chi connectivity index (χ0v) is 18.4. The van der Waals surface area contributed by atoms with Crippen molar-refractivity contribution in [1.29, 1.82) is 0 Å². The van der Waals surface area contributed by atoms with Gasteiger partial charge in [-0.3, -0.25) is 10.2 Å². The molecule has 3 N–H and O–H groups in total. The van der Waals surface area contributed by atoms with Crippen LogP contribution in [0.4, 0.5) is 10.5 Å². The van der Waals surface area contributed by atoms with E-state index in [4.69, 9.17) is 16.0 Å². The number of hydrazine groups is 1. The number of carbonyl (C=O) groups excluding carboxylic acids is 2. The molecule has 9 nitrogen and oxygen atoms in total. The summed E-state index contributed by atoms with van der Waals surface area (Å²) in [6.07, 6.45) is 1.24. The van der Waals surface area contributed by atoms with Gasteiger partial charge in [0.2, 0.25) is 15.9 Å². The highest BCUT2D eigenvalue weighted by Crippen LogP contribution is 2.21. The topological polar surface area (TPSA) is 121 Å². The van der Waals surface area contributed by atoms with Gasteiger partial charge >= 0.3 is 6.03 Å². The van der Waals surface area contributed by atoms with Crippen molar-refractivity contribution >= 4 is 39.2 Å². The molecule has 0 spiro atoms. The second-order valence-corrected chi connectivity index (χ2v) is 8.99. The molecule has 0 saturated heterocycles. The first-order chi connectivity index (χ1) is 15.3. The zero-order valence-electron chi connectivity index (χ0n) is 16.8. The van der Waals surface area contributed by atoms with Crippen LogP contribution in [-0.2, 0) is 21.4 Å². The Morgan fingerprint density at radius 3 is 2.31 bits per heavy atom. The average Bonchev–Trinajstić information content (AvgIpc) is 3.29. The number of halogens is 1. The Bertz CT molecular complexity index is 1140. The molecule has 0 aliphatic carbocycles. The Labute approximate surface area is 190 Å². The molecule has 3 aromatic rings. The highest BCUT2D eigenvalue weighted by molar-refractivity contribution is 7.89. The van der Waals surface area contributed by atoms with Gasteiger partial charge < -0.3 is 9.73 Å². The number of sulfonamides is 1. The standard InChI is InChI=1S/C21H21ClN4O5S/c22-16-8-10-19(11-9-16)32(29,30)26(15-18-7-4-14-31-18)13-12-20(27)24-25-21(28)23-17-5-2-1-3-6-17/h1-11,14H,12-13,15H2,(H,24,27)(H2,23,25,28). The SMILES string of the molecule is O=C(CCN(Cc1ccco1)S(=O)(=O)c1ccc(Cl)cc1)NNC(=O)Nc1ccccc1. The van der Waals surface area contributed by atoms with E-state index < -0.39 is 22.0 Å². The molecular formula is C21H21ClN4O5S. The normalized spacial score (nSPS) is 11.2. The average molecular weight is 477 g/mol. The highest BCUT2D eigenvalue weighted by Gasteiger charge is 2.26. The second kappa shape index (κ2) is 10.8. The van der Waals surface area contributed by atoms with E-state index in [0.29, 0.717) is 16.5 Å². The lowest BCUT2D eigenvalue weighted by atomic mass is 10.3. The van der Waals surface area contributed by atoms with Gasteiger partial charge in [0.05, 0.1) is 17.7 Å². The molecule has 0 radical (unpaired) electrons. The summed E-state index contributed by atoms with van der Waals surface area (Å²) < 4.78 is 32.6. The quantitative estimate of drug-likeness (QED) is 0.430. The fraction of sp³-hybridized carbons (Fsp3) is 0.143. The number of amides is 3. The van der Waals surface area contributed by atoms with Gasteiger partial charge in [-0.15, -0.1) is 0 Å². The summed E-state index contributed by atoms with van der Waals surface area (Å²) in [5.74, 6) is -0.146. The van der Waals surface area contributed by atoms with E-state index in [1.807, 2.05) is 0 Å². The molecule has 0 aliphatic rings. The number of nitrogens with zero attached hydrogens (tertiary/aromatic N) is 1. The minimum atomic E-state index is -3.93. The summed E-state index contributed by atoms with van der Waals surface area (Å²) in [6.45, 7) is -0.202. The summed E-state index contributed by atoms with van der Waals surface area (Å²) in [4.78, 5) is 24.1. The van der Waals surface area contributed by atoms with Crippen molar-refractivity contribution < 1.29 is 22.4 Å². The first-order valence-corrected chi connectivity index (χ1v) is 11.4. The molecule has 2 aromatic carbocycles. The number of carbonyl (C=O) groups is 2. The molecule has 0 fully saturated rings. The van der Waals surface area contributed by atoms with Crippen LogP contribution >= 0.6 is 11.6 Å². The molecule has 1 aromatic heterocycles. The lowest BCUT2D eigenvalue weighted by Crippen LogP contribution is -2.45. The van der Waals surface area contributed by atoms with Gasteiger partial charge in [0.25, 0.3) is 0 Å². The van der Waals surface area contributed by atoms with Crippen molar-refractivity contribution in [3.8, 4) is 0 Å². The molecule has 168 valence electrons. The van der Waals surface area contributed by atoms with Crippen LogP contribution in [0.2, 0.25) is 5.02 Å². The maximum Gasteiger partial charge on any atom is 0.337 e. The molecule has 1 heterocycles. The predicted molar refractivity (Wildman–Crippen MR) is 119 cm³/mol. The molecule has 32 heavy (non-hydrogen) atoms. The van der Waals surface area contributed by atoms with Crippen molar-refractivity contribution in [2.75, 3.05) is 11.9 Å². The van der Waals surface area contributed by atoms with Crippen molar-refractivity contribution in [2.24, 2.45) is 0 Å². The van der Waals surface area contributed by atoms with E-state index in [-0.39, 0.29) is 24.4 Å². The lowest BCUT2D eigenvalue weighted by molar-refractivity contribution is -0.121. The largest absolute Gasteiger partial charge is 0.468 e. The van der Waals surface area contributed by atoms with E-state index in [0.717, 1.165) is 4.31 Å². The van der Waals surface area contributed by atoms with Crippen molar-refractivity contribution in [3.05, 3.63) is 83.8 Å². The number of urea groups is 1. The van der Waals surface area contributed by atoms with Crippen LogP contribution in [0.25, 0.3) is 0 Å². The Kier molecular flexibility index (Phi) is 7.87. The van der Waals surface area contributed by atoms with Gasteiger partial charge in [0.1, 0.15) is 5.76 Å². The third-order valence-corrected chi connectivity index (χ3v) is 6.41. The Balaban J connectivity index is 1.60. The minimum absolute atomic E-state index is 0.0363. The molecule has 11 heteroatoms. The molecule has 0 atom stereocenters. The third-order valence-electron chi connectivity index (χ3n) is 4.30. The highest BCUT2D eigenvalue weighted by atomic mass is 35.5. The first kappa shape index (κ1) is 23.3. The number of benzene rings is 2. The predicted octanol–water partition coefficient (Wildman–Crippen LogP) is 3.37. The lowest BCUT2D eigenvalue weighted by Gasteiger charge is -2.21. The summed E-state index contributed by atoms with van der Waals surface area (Å²) in [5.41, 5.74) is 5.03. The van der Waals surface area contributed by atoms with Crippen molar-refractivity contribution in [2.45, 2.75) is 17.9 Å². The van der Waals surface area contributed by atoms with Gasteiger partial charge in [-0.1, -0.05) is 29.8 Å². The van der Waals surface area contributed by atoms with Crippen molar-refractivity contribution in [3.63, 3.8) is 0 Å². The Hall–Kier alpha value is -3.34. The van der Waals surface area contributed by atoms with E-state index in [1.54, 1.807) is 42.5 Å². The van der Waals surface area contributed by atoms with Gasteiger partial charge in [-0.05, 0) is 48.5 Å². The van der Waals surface area contributed by atoms with Gasteiger partial charge in [0.15, 0.2) is 0 Å². The first-order valence-electron chi connectivity index (χ1n) is 9.53. The van der Waals surface area contributed by atoms with Crippen LogP contribution < -0.4 is 16.2 Å². The maximum absolute atomic E-state index is 13.1. The monoisotopic (exact) mass is 476 g/mol. The number of hydrogen-bond donors (Lipinski definition) is 3. The van der Waals surface area contributed by atoms with E-state index in [2.05, 4.69) is 16.2 Å². The number of furan rings is 1. The fourth-order valence-corrected chi connectivity index (χ4v) is 4.25. The van der Waals surface area contributed by atoms with E-state index in [1.165, 1.54) is 30.5 Å². The molecule has 0 saturated carbocycles. The summed E-state index contributed by atoms with van der Waals surface area (Å²) >= 11 is 5.85. The number of rotatable bonds is 8. The second-order valence-electron chi connectivity index (χ2n) is 6.62. The van der Waals surface area contributed by atoms with Crippen LogP contribution in [0, 0.1) is 0 Å². The van der Waals surface area contributed by atoms with Gasteiger partial charge in [-0.2, -0.15) is 4.31 Å². The summed E-state index contributed by atoms with van der Waals surface area (Å²) in [7, 11) is -3.93. The zero-order chi connectivity index (χ0) is 23.0. The van der Waals surface area contributed by atoms with Crippen LogP contribution in [0.5, 0.6) is 0 Å². The minimum Gasteiger partial charge on any atom is -0.468 e. The smallest absolute Gasteiger partial charge is 0.337 e. The van der Waals surface area contributed by atoms with E-state index in [9.17, 15) is 18.0 Å². The summed E-state index contributed by atoms with van der Waals surface area (Å²) in [5, 5.41) is 2.95. The third kappa shape index (κ3) is 6.58. The molecule has 3 rings (SSSR count). The van der Waals surface area contributed by atoms with Gasteiger partial charge in [0, 0.05) is 23.7 Å². The van der Waals surface area contributed by atoms with E-state index >= 15 is 0 Å². The maximum atomic E-state index is 13.1. The number of nitrogens with one attached hydrogen (secondary N) is 3. The van der Waals surface area contributed by atoms with Gasteiger partial charge in [-0.25, -0.2) is 18.6 Å².